The number of anilines is 1. The lowest BCUT2D eigenvalue weighted by atomic mass is 10.1. The quantitative estimate of drug-likeness (QED) is 0.643. The Labute approximate surface area is 179 Å². The summed E-state index contributed by atoms with van der Waals surface area (Å²) in [6.07, 6.45) is 5.03. The van der Waals surface area contributed by atoms with Gasteiger partial charge in [0.25, 0.3) is 5.91 Å². The number of sulfonamides is 1. The van der Waals surface area contributed by atoms with Gasteiger partial charge in [-0.25, -0.2) is 17.5 Å². The molecular weight excluding hydrogens is 423 g/mol. The Kier molecular flexibility index (Phi) is 5.50. The monoisotopic (exact) mass is 444 g/mol. The Morgan fingerprint density at radius 1 is 1.39 bits per heavy atom. The average Bonchev–Trinajstić information content (AvgIpc) is 3.01. The van der Waals surface area contributed by atoms with Gasteiger partial charge in [-0.15, -0.1) is 0 Å². The van der Waals surface area contributed by atoms with Gasteiger partial charge in [-0.1, -0.05) is 6.07 Å². The molecule has 0 saturated carbocycles. The number of carbonyl (C=O) groups is 1. The van der Waals surface area contributed by atoms with E-state index in [1.807, 2.05) is 6.07 Å². The number of nitrogens with zero attached hydrogens (tertiary/aromatic N) is 2. The number of fused-ring (bicyclic) bond motifs is 1. The maximum atomic E-state index is 13.5. The number of rotatable bonds is 4. The van der Waals surface area contributed by atoms with Crippen molar-refractivity contribution in [2.24, 2.45) is 7.05 Å². The Morgan fingerprint density at radius 3 is 2.90 bits per heavy atom. The maximum absolute atomic E-state index is 13.5. The molecule has 1 unspecified atom stereocenters. The summed E-state index contributed by atoms with van der Waals surface area (Å²) in [6, 6.07) is 7.29. The molecule has 8 nitrogen and oxygen atoms in total. The van der Waals surface area contributed by atoms with E-state index in [2.05, 4.69) is 15.0 Å². The molecule has 0 saturated heterocycles. The molecule has 1 atom stereocenters. The lowest BCUT2D eigenvalue weighted by Crippen LogP contribution is -2.38. The second kappa shape index (κ2) is 8.12. The van der Waals surface area contributed by atoms with Crippen LogP contribution in [0.4, 0.5) is 10.1 Å². The van der Waals surface area contributed by atoms with Crippen LogP contribution >= 0.6 is 0 Å². The number of halogens is 1. The van der Waals surface area contributed by atoms with E-state index in [0.29, 0.717) is 17.7 Å². The molecule has 0 bridgehead atoms. The number of aromatic nitrogens is 2. The molecule has 0 aliphatic carbocycles. The van der Waals surface area contributed by atoms with Gasteiger partial charge in [0, 0.05) is 31.3 Å². The van der Waals surface area contributed by atoms with E-state index in [1.165, 1.54) is 29.0 Å². The van der Waals surface area contributed by atoms with E-state index in [0.717, 1.165) is 5.56 Å². The summed E-state index contributed by atoms with van der Waals surface area (Å²) in [7, 11) is -2.35. The summed E-state index contributed by atoms with van der Waals surface area (Å²) in [4.78, 5) is 16.9. The fourth-order valence-electron chi connectivity index (χ4n) is 3.49. The molecule has 162 valence electrons. The third-order valence-electron chi connectivity index (χ3n) is 4.98. The van der Waals surface area contributed by atoms with E-state index >= 15 is 0 Å². The van der Waals surface area contributed by atoms with Gasteiger partial charge in [-0.05, 0) is 48.7 Å². The van der Waals surface area contributed by atoms with Crippen molar-refractivity contribution in [2.45, 2.75) is 24.3 Å². The van der Waals surface area contributed by atoms with Crippen LogP contribution in [-0.4, -0.2) is 36.5 Å². The van der Waals surface area contributed by atoms with Crippen molar-refractivity contribution in [3.63, 3.8) is 0 Å². The van der Waals surface area contributed by atoms with Crippen molar-refractivity contribution in [1.29, 1.82) is 0 Å². The number of amides is 1. The van der Waals surface area contributed by atoms with Gasteiger partial charge in [-0.3, -0.25) is 9.78 Å². The van der Waals surface area contributed by atoms with Crippen LogP contribution in [0.15, 0.2) is 53.8 Å². The molecular formula is C21H21FN4O4S. The topological polar surface area (TPSA) is 102 Å². The summed E-state index contributed by atoms with van der Waals surface area (Å²) < 4.78 is 49.2. The molecule has 2 aromatic heterocycles. The number of nitrogens with one attached hydrogen (secondary N) is 2. The van der Waals surface area contributed by atoms with Gasteiger partial charge in [0.15, 0.2) is 11.4 Å². The molecule has 0 spiro atoms. The van der Waals surface area contributed by atoms with Gasteiger partial charge in [-0.2, -0.15) is 0 Å². The predicted octanol–water partition coefficient (Wildman–Crippen LogP) is 2.40. The molecule has 1 aliphatic heterocycles. The van der Waals surface area contributed by atoms with Crippen molar-refractivity contribution in [3.05, 3.63) is 71.6 Å². The lowest BCUT2D eigenvalue weighted by Gasteiger charge is -2.15. The second-order valence-electron chi connectivity index (χ2n) is 7.39. The van der Waals surface area contributed by atoms with Gasteiger partial charge in [0.2, 0.25) is 10.0 Å². The highest BCUT2D eigenvalue weighted by molar-refractivity contribution is 7.89. The molecule has 4 rings (SSSR count). The Balaban J connectivity index is 1.62. The van der Waals surface area contributed by atoms with Crippen LogP contribution in [0, 0.1) is 12.7 Å². The van der Waals surface area contributed by atoms with E-state index < -0.39 is 22.0 Å². The number of hydrogen-bond donors (Lipinski definition) is 2. The van der Waals surface area contributed by atoms with E-state index in [4.69, 9.17) is 4.74 Å². The van der Waals surface area contributed by atoms with Crippen LogP contribution in [0.2, 0.25) is 0 Å². The Morgan fingerprint density at radius 2 is 2.19 bits per heavy atom. The zero-order chi connectivity index (χ0) is 22.2. The van der Waals surface area contributed by atoms with Crippen molar-refractivity contribution in [3.8, 4) is 5.75 Å². The van der Waals surface area contributed by atoms with Crippen LogP contribution < -0.4 is 14.8 Å². The third kappa shape index (κ3) is 4.30. The SMILES string of the molecule is Cc1cc(NC(=O)c2c3c(cn2C)S(=O)(=O)NC(Cc2cccnc2)CO3)ccc1F. The Hall–Kier alpha value is -3.24. The first-order chi connectivity index (χ1) is 14.7. The molecule has 2 N–H and O–H groups in total. The van der Waals surface area contributed by atoms with Crippen molar-refractivity contribution in [1.82, 2.24) is 14.3 Å². The average molecular weight is 444 g/mol. The first-order valence-electron chi connectivity index (χ1n) is 9.55. The number of benzene rings is 1. The maximum Gasteiger partial charge on any atom is 0.276 e. The number of aryl methyl sites for hydroxylation is 2. The van der Waals surface area contributed by atoms with E-state index in [-0.39, 0.29) is 28.8 Å². The van der Waals surface area contributed by atoms with E-state index in [9.17, 15) is 17.6 Å². The first-order valence-corrected chi connectivity index (χ1v) is 11.0. The molecule has 1 aromatic carbocycles. The van der Waals surface area contributed by atoms with Crippen molar-refractivity contribution < 1.29 is 22.3 Å². The normalized spacial score (nSPS) is 17.3. The van der Waals surface area contributed by atoms with Gasteiger partial charge in [0.1, 0.15) is 17.3 Å². The van der Waals surface area contributed by atoms with Crippen molar-refractivity contribution >= 4 is 21.6 Å². The minimum atomic E-state index is -3.91. The molecule has 3 heterocycles. The zero-order valence-corrected chi connectivity index (χ0v) is 17.7. The van der Waals surface area contributed by atoms with Crippen LogP contribution in [0.25, 0.3) is 0 Å². The highest BCUT2D eigenvalue weighted by Crippen LogP contribution is 2.33. The molecule has 31 heavy (non-hydrogen) atoms. The summed E-state index contributed by atoms with van der Waals surface area (Å²) in [5, 5.41) is 2.67. The van der Waals surface area contributed by atoms with Gasteiger partial charge < -0.3 is 14.6 Å². The molecule has 1 aliphatic rings. The van der Waals surface area contributed by atoms with Crippen LogP contribution in [-0.2, 0) is 23.5 Å². The minimum absolute atomic E-state index is 0.0139. The van der Waals surface area contributed by atoms with E-state index in [1.54, 1.807) is 32.4 Å². The predicted molar refractivity (Wildman–Crippen MR) is 112 cm³/mol. The molecule has 0 radical (unpaired) electrons. The largest absolute Gasteiger partial charge is 0.488 e. The summed E-state index contributed by atoms with van der Waals surface area (Å²) in [5.41, 5.74) is 1.69. The zero-order valence-electron chi connectivity index (χ0n) is 16.9. The number of carbonyl (C=O) groups excluding carboxylic acids is 1. The standard InChI is InChI=1S/C21H21FN4O4S/c1-13-8-15(5-6-17(13)22)24-21(27)19-20-18(11-26(19)2)31(28,29)25-16(12-30-20)9-14-4-3-7-23-10-14/h3-8,10-11,16,25H,9,12H2,1-2H3,(H,24,27). The molecule has 1 amide bonds. The minimum Gasteiger partial charge on any atom is -0.488 e. The summed E-state index contributed by atoms with van der Waals surface area (Å²) >= 11 is 0. The van der Waals surface area contributed by atoms with Crippen LogP contribution in [0.1, 0.15) is 21.6 Å². The highest BCUT2D eigenvalue weighted by atomic mass is 32.2. The van der Waals surface area contributed by atoms with Gasteiger partial charge >= 0.3 is 0 Å². The fourth-order valence-corrected chi connectivity index (χ4v) is 4.90. The van der Waals surface area contributed by atoms with Crippen molar-refractivity contribution in [2.75, 3.05) is 11.9 Å². The van der Waals surface area contributed by atoms with Crippen LogP contribution in [0.3, 0.4) is 0 Å². The Bertz CT molecular complexity index is 1240. The molecule has 0 fully saturated rings. The number of hydrogen-bond acceptors (Lipinski definition) is 5. The molecule has 10 heteroatoms. The number of pyridine rings is 1. The fraction of sp³-hybridized carbons (Fsp3) is 0.238. The third-order valence-corrected chi connectivity index (χ3v) is 6.49. The molecule has 3 aromatic rings. The highest BCUT2D eigenvalue weighted by Gasteiger charge is 2.34. The lowest BCUT2D eigenvalue weighted by molar-refractivity contribution is 0.101. The van der Waals surface area contributed by atoms with Crippen LogP contribution in [0.5, 0.6) is 5.75 Å². The van der Waals surface area contributed by atoms with Gasteiger partial charge in [0.05, 0.1) is 6.04 Å². The second-order valence-corrected chi connectivity index (χ2v) is 9.08. The smallest absolute Gasteiger partial charge is 0.276 e. The summed E-state index contributed by atoms with van der Waals surface area (Å²) in [5.74, 6) is -0.957. The number of ether oxygens (including phenoxy) is 1. The first kappa shape index (κ1) is 21.0. The summed E-state index contributed by atoms with van der Waals surface area (Å²) in [6.45, 7) is 1.63.